The standard InChI is InChI=1S/C10H14O3S/c1-7-3-4-10-9(5-7)8(2)6-14(11,12)13-10/h6-7H,3-5H2,1-2H3. The summed E-state index contributed by atoms with van der Waals surface area (Å²) in [5, 5.41) is 1.23. The van der Waals surface area contributed by atoms with Crippen LogP contribution >= 0.6 is 0 Å². The first kappa shape index (κ1) is 9.77. The molecule has 3 nitrogen and oxygen atoms in total. The van der Waals surface area contributed by atoms with Crippen LogP contribution in [0.1, 0.15) is 33.1 Å². The van der Waals surface area contributed by atoms with Gasteiger partial charge in [-0.15, -0.1) is 0 Å². The van der Waals surface area contributed by atoms with Crippen molar-refractivity contribution in [1.29, 1.82) is 0 Å². The molecular formula is C10H14O3S. The van der Waals surface area contributed by atoms with Crippen LogP contribution in [0.2, 0.25) is 0 Å². The summed E-state index contributed by atoms with van der Waals surface area (Å²) in [7, 11) is -3.44. The molecule has 0 radical (unpaired) electrons. The van der Waals surface area contributed by atoms with Gasteiger partial charge in [-0.1, -0.05) is 6.92 Å². The van der Waals surface area contributed by atoms with E-state index in [-0.39, 0.29) is 0 Å². The monoisotopic (exact) mass is 214 g/mol. The zero-order valence-corrected chi connectivity index (χ0v) is 9.23. The lowest BCUT2D eigenvalue weighted by atomic mass is 9.86. The molecule has 0 fully saturated rings. The van der Waals surface area contributed by atoms with Gasteiger partial charge in [0.05, 0.1) is 5.41 Å². The highest BCUT2D eigenvalue weighted by atomic mass is 32.2. The van der Waals surface area contributed by atoms with Crippen LogP contribution in [0.15, 0.2) is 22.3 Å². The van der Waals surface area contributed by atoms with E-state index in [0.717, 1.165) is 30.4 Å². The molecule has 0 saturated carbocycles. The van der Waals surface area contributed by atoms with Crippen LogP contribution in [-0.2, 0) is 14.3 Å². The molecule has 78 valence electrons. The van der Waals surface area contributed by atoms with Gasteiger partial charge in [0.1, 0.15) is 5.76 Å². The van der Waals surface area contributed by atoms with E-state index in [9.17, 15) is 8.42 Å². The normalized spacial score (nSPS) is 30.4. The lowest BCUT2D eigenvalue weighted by molar-refractivity contribution is 0.347. The summed E-state index contributed by atoms with van der Waals surface area (Å²) in [6.45, 7) is 4.02. The molecule has 0 bridgehead atoms. The first-order valence-electron chi connectivity index (χ1n) is 4.83. The van der Waals surface area contributed by atoms with Gasteiger partial charge in [-0.3, -0.25) is 0 Å². The first-order valence-corrected chi connectivity index (χ1v) is 6.30. The van der Waals surface area contributed by atoms with Gasteiger partial charge < -0.3 is 4.18 Å². The average Bonchev–Trinajstić information content (AvgIpc) is 2.05. The summed E-state index contributed by atoms with van der Waals surface area (Å²) in [6.07, 6.45) is 2.70. The Hall–Kier alpha value is -0.770. The van der Waals surface area contributed by atoms with Crippen molar-refractivity contribution < 1.29 is 12.6 Å². The van der Waals surface area contributed by atoms with Crippen molar-refractivity contribution in [2.75, 3.05) is 0 Å². The molecule has 1 aliphatic heterocycles. The number of rotatable bonds is 0. The SMILES string of the molecule is CC1=CS(=O)(=O)OC2=C1CC(C)CC2. The van der Waals surface area contributed by atoms with Crippen LogP contribution in [-0.4, -0.2) is 8.42 Å². The second-order valence-corrected chi connectivity index (χ2v) is 5.51. The predicted octanol–water partition coefficient (Wildman–Crippen LogP) is 2.32. The van der Waals surface area contributed by atoms with Gasteiger partial charge in [-0.05, 0) is 36.8 Å². The average molecular weight is 214 g/mol. The van der Waals surface area contributed by atoms with E-state index in [4.69, 9.17) is 4.18 Å². The Kier molecular flexibility index (Phi) is 2.18. The maximum Gasteiger partial charge on any atom is 0.332 e. The summed E-state index contributed by atoms with van der Waals surface area (Å²) in [6, 6.07) is 0. The molecule has 0 aromatic carbocycles. The largest absolute Gasteiger partial charge is 0.384 e. The molecule has 1 atom stereocenters. The van der Waals surface area contributed by atoms with E-state index in [0.29, 0.717) is 11.7 Å². The van der Waals surface area contributed by atoms with Crippen LogP contribution in [0, 0.1) is 5.92 Å². The van der Waals surface area contributed by atoms with Gasteiger partial charge in [-0.25, -0.2) is 0 Å². The topological polar surface area (TPSA) is 43.4 Å². The summed E-state index contributed by atoms with van der Waals surface area (Å²) in [5.74, 6) is 1.30. The third-order valence-corrected chi connectivity index (χ3v) is 3.84. The molecule has 0 spiro atoms. The zero-order chi connectivity index (χ0) is 10.3. The lowest BCUT2D eigenvalue weighted by Gasteiger charge is -2.27. The van der Waals surface area contributed by atoms with E-state index >= 15 is 0 Å². The van der Waals surface area contributed by atoms with Gasteiger partial charge in [0, 0.05) is 6.42 Å². The molecular weight excluding hydrogens is 200 g/mol. The Morgan fingerprint density at radius 1 is 1.50 bits per heavy atom. The molecule has 1 aliphatic carbocycles. The van der Waals surface area contributed by atoms with Crippen molar-refractivity contribution in [3.8, 4) is 0 Å². The third-order valence-electron chi connectivity index (χ3n) is 2.77. The molecule has 2 aliphatic rings. The minimum absolute atomic E-state index is 0.626. The molecule has 0 amide bonds. The van der Waals surface area contributed by atoms with Gasteiger partial charge in [-0.2, -0.15) is 8.42 Å². The number of allylic oxidation sites excluding steroid dienone is 3. The summed E-state index contributed by atoms with van der Waals surface area (Å²) in [4.78, 5) is 0. The fourth-order valence-corrected chi connectivity index (χ4v) is 3.11. The van der Waals surface area contributed by atoms with Crippen molar-refractivity contribution >= 4 is 10.1 Å². The number of hydrogen-bond donors (Lipinski definition) is 0. The van der Waals surface area contributed by atoms with Gasteiger partial charge >= 0.3 is 10.1 Å². The van der Waals surface area contributed by atoms with E-state index in [1.165, 1.54) is 5.41 Å². The van der Waals surface area contributed by atoms with Crippen molar-refractivity contribution in [1.82, 2.24) is 0 Å². The van der Waals surface area contributed by atoms with Gasteiger partial charge in [0.2, 0.25) is 0 Å². The highest BCUT2D eigenvalue weighted by Gasteiger charge is 2.28. The Morgan fingerprint density at radius 2 is 2.21 bits per heavy atom. The Bertz CT molecular complexity index is 415. The Morgan fingerprint density at radius 3 is 2.93 bits per heavy atom. The van der Waals surface area contributed by atoms with Gasteiger partial charge in [0.25, 0.3) is 0 Å². The maximum absolute atomic E-state index is 11.3. The van der Waals surface area contributed by atoms with Crippen molar-refractivity contribution in [3.05, 3.63) is 22.3 Å². The summed E-state index contributed by atoms with van der Waals surface area (Å²) >= 11 is 0. The minimum atomic E-state index is -3.44. The van der Waals surface area contributed by atoms with Gasteiger partial charge in [0.15, 0.2) is 0 Å². The molecule has 2 rings (SSSR count). The second-order valence-electron chi connectivity index (χ2n) is 4.13. The highest BCUT2D eigenvalue weighted by Crippen LogP contribution is 2.37. The van der Waals surface area contributed by atoms with E-state index in [1.807, 2.05) is 6.92 Å². The molecule has 14 heavy (non-hydrogen) atoms. The molecule has 0 aromatic rings. The number of hydrogen-bond acceptors (Lipinski definition) is 3. The van der Waals surface area contributed by atoms with Crippen molar-refractivity contribution in [3.63, 3.8) is 0 Å². The first-order chi connectivity index (χ1) is 6.48. The predicted molar refractivity (Wildman–Crippen MR) is 53.8 cm³/mol. The molecule has 0 aromatic heterocycles. The van der Waals surface area contributed by atoms with Crippen LogP contribution < -0.4 is 0 Å². The fourth-order valence-electron chi connectivity index (χ4n) is 2.02. The van der Waals surface area contributed by atoms with Crippen LogP contribution in [0.3, 0.4) is 0 Å². The van der Waals surface area contributed by atoms with E-state index in [2.05, 4.69) is 6.92 Å². The molecule has 0 N–H and O–H groups in total. The smallest absolute Gasteiger partial charge is 0.332 e. The Labute approximate surface area is 84.6 Å². The quantitative estimate of drug-likeness (QED) is 0.581. The minimum Gasteiger partial charge on any atom is -0.384 e. The molecule has 4 heteroatoms. The summed E-state index contributed by atoms with van der Waals surface area (Å²) < 4.78 is 27.5. The Balaban J connectivity index is 2.41. The summed E-state index contributed by atoms with van der Waals surface area (Å²) in [5.41, 5.74) is 1.94. The van der Waals surface area contributed by atoms with Crippen molar-refractivity contribution in [2.45, 2.75) is 33.1 Å². The lowest BCUT2D eigenvalue weighted by Crippen LogP contribution is -2.17. The second kappa shape index (κ2) is 3.12. The maximum atomic E-state index is 11.3. The highest BCUT2D eigenvalue weighted by molar-refractivity contribution is 7.89. The van der Waals surface area contributed by atoms with E-state index < -0.39 is 10.1 Å². The van der Waals surface area contributed by atoms with E-state index in [1.54, 1.807) is 0 Å². The molecule has 1 unspecified atom stereocenters. The van der Waals surface area contributed by atoms with Crippen LogP contribution in [0.4, 0.5) is 0 Å². The van der Waals surface area contributed by atoms with Crippen LogP contribution in [0.25, 0.3) is 0 Å². The van der Waals surface area contributed by atoms with Crippen molar-refractivity contribution in [2.24, 2.45) is 5.92 Å². The van der Waals surface area contributed by atoms with Crippen LogP contribution in [0.5, 0.6) is 0 Å². The fraction of sp³-hybridized carbons (Fsp3) is 0.600. The zero-order valence-electron chi connectivity index (χ0n) is 8.41. The third kappa shape index (κ3) is 1.71. The molecule has 1 heterocycles. The molecule has 0 saturated heterocycles.